The number of fused-ring (bicyclic) bond motifs is 2. The number of aromatic nitrogens is 3. The first-order valence-electron chi connectivity index (χ1n) is 10.7. The third-order valence-electron chi connectivity index (χ3n) is 7.04. The van der Waals surface area contributed by atoms with Gasteiger partial charge in [-0.25, -0.2) is 9.97 Å². The van der Waals surface area contributed by atoms with Crippen molar-refractivity contribution in [2.75, 3.05) is 41.8 Å². The zero-order valence-electron chi connectivity index (χ0n) is 17.0. The van der Waals surface area contributed by atoms with E-state index in [1.807, 2.05) is 6.07 Å². The number of anilines is 3. The van der Waals surface area contributed by atoms with E-state index in [9.17, 15) is 8.78 Å². The molecule has 3 aliphatic heterocycles. The number of morpholine rings is 1. The van der Waals surface area contributed by atoms with Crippen molar-refractivity contribution in [1.82, 2.24) is 15.0 Å². The summed E-state index contributed by atoms with van der Waals surface area (Å²) in [5.41, 5.74) is 7.33. The van der Waals surface area contributed by atoms with Crippen molar-refractivity contribution in [2.24, 2.45) is 5.41 Å². The predicted molar refractivity (Wildman–Crippen MR) is 110 cm³/mol. The molecule has 8 nitrogen and oxygen atoms in total. The Morgan fingerprint density at radius 3 is 2.71 bits per heavy atom. The van der Waals surface area contributed by atoms with E-state index < -0.39 is 6.61 Å². The van der Waals surface area contributed by atoms with Gasteiger partial charge in [0, 0.05) is 42.9 Å². The van der Waals surface area contributed by atoms with Crippen molar-refractivity contribution in [2.45, 2.75) is 44.4 Å². The fourth-order valence-electron chi connectivity index (χ4n) is 5.22. The van der Waals surface area contributed by atoms with E-state index >= 15 is 0 Å². The Morgan fingerprint density at radius 1 is 1.23 bits per heavy atom. The number of nitrogen functional groups attached to an aromatic ring is 1. The average Bonchev–Trinajstić information content (AvgIpc) is 3.30. The molecule has 2 aromatic rings. The molecule has 0 aromatic carbocycles. The Labute approximate surface area is 178 Å². The third-order valence-corrected chi connectivity index (χ3v) is 7.04. The van der Waals surface area contributed by atoms with Crippen LogP contribution in [0.15, 0.2) is 18.3 Å². The summed E-state index contributed by atoms with van der Waals surface area (Å²) < 4.78 is 35.8. The lowest BCUT2D eigenvalue weighted by Crippen LogP contribution is -2.60. The van der Waals surface area contributed by atoms with E-state index in [1.54, 1.807) is 0 Å². The molecule has 1 aliphatic carbocycles. The minimum Gasteiger partial charge on any atom is -0.431 e. The van der Waals surface area contributed by atoms with E-state index in [0.717, 1.165) is 31.9 Å². The van der Waals surface area contributed by atoms with Gasteiger partial charge in [-0.05, 0) is 25.3 Å². The van der Waals surface area contributed by atoms with Gasteiger partial charge in [-0.1, -0.05) is 6.42 Å². The van der Waals surface area contributed by atoms with Crippen molar-refractivity contribution in [1.29, 1.82) is 0 Å². The van der Waals surface area contributed by atoms with Crippen molar-refractivity contribution < 1.29 is 18.3 Å². The molecule has 1 saturated carbocycles. The smallest absolute Gasteiger partial charge is 0.387 e. The first-order chi connectivity index (χ1) is 15.0. The van der Waals surface area contributed by atoms with Crippen molar-refractivity contribution in [3.05, 3.63) is 18.3 Å². The highest BCUT2D eigenvalue weighted by molar-refractivity contribution is 5.68. The van der Waals surface area contributed by atoms with Crippen LogP contribution in [-0.2, 0) is 4.74 Å². The van der Waals surface area contributed by atoms with Gasteiger partial charge in [-0.3, -0.25) is 0 Å². The lowest BCUT2D eigenvalue weighted by Gasteiger charge is -2.56. The normalized spacial score (nSPS) is 25.8. The molecule has 4 aliphatic rings. The van der Waals surface area contributed by atoms with E-state index in [1.165, 1.54) is 31.5 Å². The minimum absolute atomic E-state index is 0.0813. The molecule has 1 spiro atoms. The number of nitrogens with zero attached hydrogens (tertiary/aromatic N) is 5. The van der Waals surface area contributed by atoms with Gasteiger partial charge in [0.1, 0.15) is 5.82 Å². The fraction of sp³-hybridized carbons (Fsp3) is 0.571. The summed E-state index contributed by atoms with van der Waals surface area (Å²) in [5, 5.41) is 0. The molecule has 2 N–H and O–H groups in total. The summed E-state index contributed by atoms with van der Waals surface area (Å²) in [5.74, 6) is 1.27. The van der Waals surface area contributed by atoms with Crippen LogP contribution in [0.3, 0.4) is 0 Å². The number of hydrogen-bond acceptors (Lipinski definition) is 8. The van der Waals surface area contributed by atoms with Crippen LogP contribution >= 0.6 is 0 Å². The first kappa shape index (κ1) is 19.0. The monoisotopic (exact) mass is 430 g/mol. The van der Waals surface area contributed by atoms with Gasteiger partial charge in [0.25, 0.3) is 0 Å². The molecule has 10 heteroatoms. The number of halogens is 2. The number of rotatable bonds is 5. The van der Waals surface area contributed by atoms with Crippen molar-refractivity contribution >= 4 is 17.6 Å². The Bertz CT molecular complexity index is 1010. The van der Waals surface area contributed by atoms with Gasteiger partial charge in [0.2, 0.25) is 5.95 Å². The zero-order valence-corrected chi connectivity index (χ0v) is 17.0. The molecule has 4 fully saturated rings. The van der Waals surface area contributed by atoms with Gasteiger partial charge < -0.3 is 25.0 Å². The molecule has 0 radical (unpaired) electrons. The summed E-state index contributed by atoms with van der Waals surface area (Å²) in [6.45, 7) is 0.442. The summed E-state index contributed by atoms with van der Waals surface area (Å²) >= 11 is 0. The van der Waals surface area contributed by atoms with E-state index in [-0.39, 0.29) is 17.7 Å². The second-order valence-electron chi connectivity index (χ2n) is 9.10. The molecule has 164 valence electrons. The average molecular weight is 430 g/mol. The van der Waals surface area contributed by atoms with E-state index in [4.69, 9.17) is 20.4 Å². The Hall–Kier alpha value is -2.75. The summed E-state index contributed by atoms with van der Waals surface area (Å²) in [6, 6.07) is 3.66. The molecular formula is C21H24F2N6O2. The fourth-order valence-corrected chi connectivity index (χ4v) is 5.22. The number of hydrogen-bond donors (Lipinski definition) is 1. The van der Waals surface area contributed by atoms with Gasteiger partial charge in [-0.2, -0.15) is 13.8 Å². The molecular weight excluding hydrogens is 406 g/mol. The molecule has 31 heavy (non-hydrogen) atoms. The Kier molecular flexibility index (Phi) is 4.21. The molecule has 3 saturated heterocycles. The zero-order chi connectivity index (χ0) is 21.2. The third kappa shape index (κ3) is 3.24. The van der Waals surface area contributed by atoms with Crippen LogP contribution < -0.4 is 20.3 Å². The first-order valence-corrected chi connectivity index (χ1v) is 10.7. The number of pyridine rings is 1. The number of nitrogens with two attached hydrogens (primary N) is 1. The van der Waals surface area contributed by atoms with E-state index in [0.29, 0.717) is 35.3 Å². The Morgan fingerprint density at radius 2 is 2.06 bits per heavy atom. The standard InChI is InChI=1S/C21H24F2N6O2/c22-19(23)31-16-4-12(7-25-18(16)24)15-6-17(29-8-14-5-13(29)9-30-14)27-20(26-15)28-10-21(11-28)2-1-3-21/h4,6-7,13-14,19H,1-3,5,8-11H2,(H2,24,25)/t13-,14-/m0/s1. The van der Waals surface area contributed by atoms with E-state index in [2.05, 4.69) is 19.5 Å². The molecule has 5 heterocycles. The summed E-state index contributed by atoms with van der Waals surface area (Å²) in [4.78, 5) is 18.2. The molecule has 0 unspecified atom stereocenters. The predicted octanol–water partition coefficient (Wildman–Crippen LogP) is 2.69. The minimum atomic E-state index is -2.98. The highest BCUT2D eigenvalue weighted by Crippen LogP contribution is 2.49. The SMILES string of the molecule is Nc1ncc(-c2cc(N3C[C@@H]4C[C@H]3CO4)nc(N3CC4(CCC4)C3)n2)cc1OC(F)F. The van der Waals surface area contributed by atoms with Crippen LogP contribution in [0, 0.1) is 5.41 Å². The maximum absolute atomic E-state index is 12.8. The topological polar surface area (TPSA) is 89.6 Å². The van der Waals surface area contributed by atoms with Crippen LogP contribution in [0.4, 0.5) is 26.4 Å². The quantitative estimate of drug-likeness (QED) is 0.775. The maximum atomic E-state index is 12.8. The molecule has 2 bridgehead atoms. The summed E-state index contributed by atoms with van der Waals surface area (Å²) in [6.07, 6.45) is 6.59. The summed E-state index contributed by atoms with van der Waals surface area (Å²) in [7, 11) is 0. The van der Waals surface area contributed by atoms with Crippen LogP contribution in [-0.4, -0.2) is 60.0 Å². The second-order valence-corrected chi connectivity index (χ2v) is 9.10. The van der Waals surface area contributed by atoms with Gasteiger partial charge in [-0.15, -0.1) is 0 Å². The highest BCUT2D eigenvalue weighted by atomic mass is 19.3. The molecule has 2 atom stereocenters. The number of alkyl halides is 2. The molecule has 6 rings (SSSR count). The van der Waals surface area contributed by atoms with Crippen molar-refractivity contribution in [3.63, 3.8) is 0 Å². The van der Waals surface area contributed by atoms with Crippen molar-refractivity contribution in [3.8, 4) is 17.0 Å². The largest absolute Gasteiger partial charge is 0.431 e. The number of ether oxygens (including phenoxy) is 2. The van der Waals surface area contributed by atoms with Gasteiger partial charge in [0.15, 0.2) is 11.6 Å². The second kappa shape index (κ2) is 6.88. The highest BCUT2D eigenvalue weighted by Gasteiger charge is 2.48. The van der Waals surface area contributed by atoms with Crippen LogP contribution in [0.25, 0.3) is 11.3 Å². The van der Waals surface area contributed by atoms with Gasteiger partial charge in [0.05, 0.1) is 24.4 Å². The Balaban J connectivity index is 1.37. The lowest BCUT2D eigenvalue weighted by atomic mass is 9.64. The lowest BCUT2D eigenvalue weighted by molar-refractivity contribution is -0.0494. The van der Waals surface area contributed by atoms with Crippen LogP contribution in [0.2, 0.25) is 0 Å². The molecule has 2 aromatic heterocycles. The molecule has 0 amide bonds. The van der Waals surface area contributed by atoms with Crippen LogP contribution in [0.5, 0.6) is 5.75 Å². The maximum Gasteiger partial charge on any atom is 0.387 e. The van der Waals surface area contributed by atoms with Gasteiger partial charge >= 0.3 is 6.61 Å². The van der Waals surface area contributed by atoms with Crippen LogP contribution in [0.1, 0.15) is 25.7 Å².